The van der Waals surface area contributed by atoms with E-state index in [2.05, 4.69) is 15.5 Å². The number of halogens is 1. The van der Waals surface area contributed by atoms with Crippen LogP contribution in [0, 0.1) is 10.1 Å². The first-order valence-corrected chi connectivity index (χ1v) is 6.19. The number of benzene rings is 1. The zero-order valence-corrected chi connectivity index (χ0v) is 11.3. The average Bonchev–Trinajstić information content (AvgIpc) is 2.85. The number of aryl methyl sites for hydroxylation is 1. The molecule has 0 saturated carbocycles. The molecular formula is C12H11ClN4O3. The summed E-state index contributed by atoms with van der Waals surface area (Å²) in [6.07, 6.45) is 0.731. The van der Waals surface area contributed by atoms with Crippen molar-refractivity contribution in [1.82, 2.24) is 10.2 Å². The summed E-state index contributed by atoms with van der Waals surface area (Å²) in [4.78, 5) is 22.4. The van der Waals surface area contributed by atoms with Gasteiger partial charge in [0.05, 0.1) is 9.95 Å². The maximum absolute atomic E-state index is 12.1. The smallest absolute Gasteiger partial charge is 0.283 e. The summed E-state index contributed by atoms with van der Waals surface area (Å²) in [6, 6.07) is 5.72. The number of nitro benzene ring substituents is 1. The fraction of sp³-hybridized carbons (Fsp3) is 0.167. The average molecular weight is 295 g/mol. The molecule has 2 aromatic rings. The van der Waals surface area contributed by atoms with Crippen molar-refractivity contribution in [3.63, 3.8) is 0 Å². The molecule has 1 aromatic carbocycles. The van der Waals surface area contributed by atoms with Crippen molar-refractivity contribution in [2.75, 3.05) is 5.32 Å². The van der Waals surface area contributed by atoms with Gasteiger partial charge in [-0.05, 0) is 12.5 Å². The SMILES string of the molecule is CCc1cc(NC(=O)c2c(Cl)cccc2[N+](=O)[O-])n[nH]1. The number of anilines is 1. The van der Waals surface area contributed by atoms with E-state index >= 15 is 0 Å². The van der Waals surface area contributed by atoms with Crippen LogP contribution >= 0.6 is 11.6 Å². The van der Waals surface area contributed by atoms with Crippen molar-refractivity contribution in [3.8, 4) is 0 Å². The summed E-state index contributed by atoms with van der Waals surface area (Å²) in [5, 5.41) is 20.0. The second-order valence-corrected chi connectivity index (χ2v) is 4.38. The number of rotatable bonds is 4. The van der Waals surface area contributed by atoms with Gasteiger partial charge in [0.2, 0.25) is 0 Å². The molecule has 0 fully saturated rings. The molecule has 0 bridgehead atoms. The number of aromatic nitrogens is 2. The number of carbonyl (C=O) groups is 1. The van der Waals surface area contributed by atoms with Gasteiger partial charge < -0.3 is 5.32 Å². The number of aromatic amines is 1. The van der Waals surface area contributed by atoms with E-state index in [1.54, 1.807) is 6.07 Å². The molecule has 1 amide bonds. The predicted octanol–water partition coefficient (Wildman–Crippen LogP) is 2.79. The van der Waals surface area contributed by atoms with E-state index in [0.29, 0.717) is 5.82 Å². The van der Waals surface area contributed by atoms with Crippen molar-refractivity contribution < 1.29 is 9.72 Å². The minimum Gasteiger partial charge on any atom is -0.305 e. The van der Waals surface area contributed by atoms with Crippen LogP contribution in [0.3, 0.4) is 0 Å². The molecule has 0 unspecified atom stereocenters. The molecule has 0 aliphatic carbocycles. The fourth-order valence-electron chi connectivity index (χ4n) is 1.68. The fourth-order valence-corrected chi connectivity index (χ4v) is 1.93. The van der Waals surface area contributed by atoms with Crippen LogP contribution < -0.4 is 5.32 Å². The van der Waals surface area contributed by atoms with Crippen LogP contribution in [0.5, 0.6) is 0 Å². The number of nitro groups is 1. The zero-order valence-electron chi connectivity index (χ0n) is 10.5. The third kappa shape index (κ3) is 2.77. The number of carbonyl (C=O) groups excluding carboxylic acids is 1. The summed E-state index contributed by atoms with van der Waals surface area (Å²) in [6.45, 7) is 1.93. The van der Waals surface area contributed by atoms with Gasteiger partial charge in [0.15, 0.2) is 5.82 Å². The van der Waals surface area contributed by atoms with Gasteiger partial charge in [-0.15, -0.1) is 0 Å². The second kappa shape index (κ2) is 5.70. The Hall–Kier alpha value is -2.41. The minimum absolute atomic E-state index is 0.0166. The summed E-state index contributed by atoms with van der Waals surface area (Å²) in [5.41, 5.74) is 0.315. The number of nitrogens with one attached hydrogen (secondary N) is 2. The van der Waals surface area contributed by atoms with Gasteiger partial charge in [0, 0.05) is 17.8 Å². The molecule has 2 rings (SSSR count). The Morgan fingerprint density at radius 1 is 1.55 bits per heavy atom. The van der Waals surface area contributed by atoms with Gasteiger partial charge in [-0.3, -0.25) is 20.0 Å². The summed E-state index contributed by atoms with van der Waals surface area (Å²) in [5.74, 6) is -0.377. The van der Waals surface area contributed by atoms with E-state index in [9.17, 15) is 14.9 Å². The van der Waals surface area contributed by atoms with Crippen LogP contribution in [0.25, 0.3) is 0 Å². The Labute approximate surface area is 119 Å². The zero-order chi connectivity index (χ0) is 14.7. The first-order valence-electron chi connectivity index (χ1n) is 5.81. The molecule has 8 heteroatoms. The van der Waals surface area contributed by atoms with Gasteiger partial charge in [0.25, 0.3) is 11.6 Å². The van der Waals surface area contributed by atoms with Crippen molar-refractivity contribution in [1.29, 1.82) is 0 Å². The van der Waals surface area contributed by atoms with Crippen LogP contribution in [0.1, 0.15) is 23.0 Å². The second-order valence-electron chi connectivity index (χ2n) is 3.98. The van der Waals surface area contributed by atoms with Gasteiger partial charge in [-0.2, -0.15) is 5.10 Å². The summed E-state index contributed by atoms with van der Waals surface area (Å²) < 4.78 is 0. The van der Waals surface area contributed by atoms with Crippen LogP contribution in [0.4, 0.5) is 11.5 Å². The Bertz CT molecular complexity index is 668. The van der Waals surface area contributed by atoms with Crippen LogP contribution in [0.2, 0.25) is 5.02 Å². The highest BCUT2D eigenvalue weighted by atomic mass is 35.5. The highest BCUT2D eigenvalue weighted by Crippen LogP contribution is 2.26. The Morgan fingerprint density at radius 2 is 2.30 bits per heavy atom. The predicted molar refractivity (Wildman–Crippen MR) is 74.0 cm³/mol. The molecule has 1 aromatic heterocycles. The molecule has 0 atom stereocenters. The van der Waals surface area contributed by atoms with Gasteiger partial charge in [-0.25, -0.2) is 0 Å². The standard InChI is InChI=1S/C12H11ClN4O3/c1-2-7-6-10(16-15-7)14-12(18)11-8(13)4-3-5-9(11)17(19)20/h3-6H,2H2,1H3,(H2,14,15,16,18). The lowest BCUT2D eigenvalue weighted by atomic mass is 10.1. The van der Waals surface area contributed by atoms with E-state index < -0.39 is 10.8 Å². The van der Waals surface area contributed by atoms with Crippen molar-refractivity contribution in [3.05, 3.63) is 50.7 Å². The van der Waals surface area contributed by atoms with E-state index in [-0.39, 0.29) is 16.3 Å². The van der Waals surface area contributed by atoms with Gasteiger partial charge >= 0.3 is 0 Å². The van der Waals surface area contributed by atoms with E-state index in [1.165, 1.54) is 18.2 Å². The molecule has 2 N–H and O–H groups in total. The molecule has 1 heterocycles. The molecule has 20 heavy (non-hydrogen) atoms. The van der Waals surface area contributed by atoms with Gasteiger partial charge in [0.1, 0.15) is 5.56 Å². The molecule has 104 valence electrons. The van der Waals surface area contributed by atoms with Crippen LogP contribution in [0.15, 0.2) is 24.3 Å². The van der Waals surface area contributed by atoms with Crippen LogP contribution in [-0.4, -0.2) is 21.0 Å². The van der Waals surface area contributed by atoms with Gasteiger partial charge in [-0.1, -0.05) is 24.6 Å². The minimum atomic E-state index is -0.670. The van der Waals surface area contributed by atoms with Crippen molar-refractivity contribution >= 4 is 29.0 Å². The highest BCUT2D eigenvalue weighted by Gasteiger charge is 2.23. The lowest BCUT2D eigenvalue weighted by molar-refractivity contribution is -0.385. The number of H-pyrrole nitrogens is 1. The summed E-state index contributed by atoms with van der Waals surface area (Å²) >= 11 is 5.87. The molecule has 0 spiro atoms. The number of nitrogens with zero attached hydrogens (tertiary/aromatic N) is 2. The lowest BCUT2D eigenvalue weighted by Gasteiger charge is -2.04. The van der Waals surface area contributed by atoms with E-state index in [0.717, 1.165) is 12.1 Å². The Balaban J connectivity index is 2.31. The number of hydrogen-bond acceptors (Lipinski definition) is 4. The molecular weight excluding hydrogens is 284 g/mol. The quantitative estimate of drug-likeness (QED) is 0.668. The third-order valence-electron chi connectivity index (χ3n) is 2.67. The van der Waals surface area contributed by atoms with Crippen molar-refractivity contribution in [2.45, 2.75) is 13.3 Å². The molecule has 0 saturated heterocycles. The monoisotopic (exact) mass is 294 g/mol. The summed E-state index contributed by atoms with van der Waals surface area (Å²) in [7, 11) is 0. The number of hydrogen-bond donors (Lipinski definition) is 2. The largest absolute Gasteiger partial charge is 0.305 e. The maximum atomic E-state index is 12.1. The molecule has 0 aliphatic heterocycles. The van der Waals surface area contributed by atoms with Crippen molar-refractivity contribution in [2.24, 2.45) is 0 Å². The van der Waals surface area contributed by atoms with Crippen LogP contribution in [-0.2, 0) is 6.42 Å². The molecule has 0 radical (unpaired) electrons. The van der Waals surface area contributed by atoms with E-state index in [1.807, 2.05) is 6.92 Å². The highest BCUT2D eigenvalue weighted by molar-refractivity contribution is 6.35. The third-order valence-corrected chi connectivity index (χ3v) is 2.98. The van der Waals surface area contributed by atoms with E-state index in [4.69, 9.17) is 11.6 Å². The lowest BCUT2D eigenvalue weighted by Crippen LogP contribution is -2.14. The number of amides is 1. The normalized spacial score (nSPS) is 10.3. The molecule has 7 nitrogen and oxygen atoms in total. The maximum Gasteiger partial charge on any atom is 0.283 e. The first kappa shape index (κ1) is 14.0. The topological polar surface area (TPSA) is 101 Å². The Morgan fingerprint density at radius 3 is 2.90 bits per heavy atom. The Kier molecular flexibility index (Phi) is 3.99. The molecule has 0 aliphatic rings. The first-order chi connectivity index (χ1) is 9.52.